The van der Waals surface area contributed by atoms with Crippen molar-refractivity contribution in [2.24, 2.45) is 11.7 Å². The molecule has 4 nitrogen and oxygen atoms in total. The summed E-state index contributed by atoms with van der Waals surface area (Å²) in [5, 5.41) is 4.19. The van der Waals surface area contributed by atoms with Crippen LogP contribution in [0.5, 0.6) is 0 Å². The summed E-state index contributed by atoms with van der Waals surface area (Å²) in [7, 11) is 1.88. The molecule has 1 aromatic rings. The standard InChI is InChI=1S/C8H14N4/c1-11-8-4-2-7(3-5-8)6-12(9)10/h2-5,11H,6,9-10H2,1H3. The fraction of sp³-hybridized carbons (Fsp3) is 0.250. The van der Waals surface area contributed by atoms with Gasteiger partial charge >= 0.3 is 0 Å². The van der Waals surface area contributed by atoms with Gasteiger partial charge in [-0.25, -0.2) is 0 Å². The lowest BCUT2D eigenvalue weighted by atomic mass is 10.2. The maximum absolute atomic E-state index is 5.29. The Morgan fingerprint density at radius 3 is 2.25 bits per heavy atom. The van der Waals surface area contributed by atoms with E-state index in [-0.39, 0.29) is 0 Å². The summed E-state index contributed by atoms with van der Waals surface area (Å²) in [6.07, 6.45) is 0. The van der Waals surface area contributed by atoms with Crippen LogP contribution in [0.25, 0.3) is 0 Å². The quantitative estimate of drug-likeness (QED) is 0.445. The van der Waals surface area contributed by atoms with Gasteiger partial charge in [-0.3, -0.25) is 11.7 Å². The van der Waals surface area contributed by atoms with E-state index in [1.54, 1.807) is 0 Å². The Hall–Kier alpha value is -1.10. The molecule has 0 saturated carbocycles. The van der Waals surface area contributed by atoms with E-state index in [4.69, 9.17) is 11.7 Å². The average Bonchev–Trinajstić information content (AvgIpc) is 2.05. The fourth-order valence-corrected chi connectivity index (χ4v) is 0.988. The molecule has 0 aliphatic heterocycles. The van der Waals surface area contributed by atoms with Gasteiger partial charge in [0.2, 0.25) is 0 Å². The van der Waals surface area contributed by atoms with Crippen molar-refractivity contribution in [3.05, 3.63) is 29.8 Å². The highest BCUT2D eigenvalue weighted by molar-refractivity contribution is 5.43. The van der Waals surface area contributed by atoms with Crippen LogP contribution >= 0.6 is 0 Å². The van der Waals surface area contributed by atoms with Crippen LogP contribution in [0.3, 0.4) is 0 Å². The molecule has 0 atom stereocenters. The van der Waals surface area contributed by atoms with E-state index in [9.17, 15) is 0 Å². The highest BCUT2D eigenvalue weighted by Gasteiger charge is 1.94. The van der Waals surface area contributed by atoms with Gasteiger partial charge in [0.25, 0.3) is 0 Å². The van der Waals surface area contributed by atoms with Crippen molar-refractivity contribution in [1.29, 1.82) is 0 Å². The average molecular weight is 166 g/mol. The topological polar surface area (TPSA) is 67.3 Å². The molecule has 0 aromatic heterocycles. The molecule has 0 spiro atoms. The fourth-order valence-electron chi connectivity index (χ4n) is 0.988. The van der Waals surface area contributed by atoms with E-state index in [2.05, 4.69) is 5.32 Å². The zero-order chi connectivity index (χ0) is 8.97. The molecule has 0 unspecified atom stereocenters. The molecule has 0 bridgehead atoms. The lowest BCUT2D eigenvalue weighted by Crippen LogP contribution is -2.36. The molecule has 5 N–H and O–H groups in total. The Morgan fingerprint density at radius 1 is 1.25 bits per heavy atom. The summed E-state index contributed by atoms with van der Waals surface area (Å²) in [6.45, 7) is 0.560. The van der Waals surface area contributed by atoms with Crippen molar-refractivity contribution in [2.75, 3.05) is 12.4 Å². The van der Waals surface area contributed by atoms with Crippen LogP contribution in [-0.2, 0) is 6.54 Å². The third kappa shape index (κ3) is 2.50. The second-order valence-electron chi connectivity index (χ2n) is 2.62. The second kappa shape index (κ2) is 4.06. The summed E-state index contributed by atoms with van der Waals surface area (Å²) < 4.78 is 0. The lowest BCUT2D eigenvalue weighted by molar-refractivity contribution is 0.285. The second-order valence-corrected chi connectivity index (χ2v) is 2.62. The number of hydrazine groups is 2. The molecule has 66 valence electrons. The van der Waals surface area contributed by atoms with Gasteiger partial charge in [0.05, 0.1) is 6.54 Å². The van der Waals surface area contributed by atoms with E-state index in [1.165, 1.54) is 0 Å². The van der Waals surface area contributed by atoms with Crippen LogP contribution in [0, 0.1) is 0 Å². The Balaban J connectivity index is 2.65. The third-order valence-electron chi connectivity index (χ3n) is 1.61. The first-order valence-electron chi connectivity index (χ1n) is 3.76. The Labute approximate surface area is 72.1 Å². The minimum Gasteiger partial charge on any atom is -0.388 e. The number of nitrogens with two attached hydrogens (primary N) is 2. The predicted molar refractivity (Wildman–Crippen MR) is 49.9 cm³/mol. The highest BCUT2D eigenvalue weighted by atomic mass is 15.6. The van der Waals surface area contributed by atoms with Gasteiger partial charge in [0.1, 0.15) is 0 Å². The summed E-state index contributed by atoms with van der Waals surface area (Å²) in [6, 6.07) is 7.94. The van der Waals surface area contributed by atoms with E-state index >= 15 is 0 Å². The van der Waals surface area contributed by atoms with Crippen LogP contribution in [0.15, 0.2) is 24.3 Å². The Kier molecular flexibility index (Phi) is 3.04. The maximum Gasteiger partial charge on any atom is 0.0533 e. The zero-order valence-corrected chi connectivity index (χ0v) is 7.12. The molecule has 0 fully saturated rings. The number of nitrogens with one attached hydrogen (secondary N) is 1. The summed E-state index contributed by atoms with van der Waals surface area (Å²) >= 11 is 0. The molecular formula is C8H14N4. The van der Waals surface area contributed by atoms with Crippen molar-refractivity contribution >= 4 is 5.69 Å². The Morgan fingerprint density at radius 2 is 1.83 bits per heavy atom. The highest BCUT2D eigenvalue weighted by Crippen LogP contribution is 2.08. The molecule has 0 saturated heterocycles. The van der Waals surface area contributed by atoms with Crippen LogP contribution in [-0.4, -0.2) is 12.2 Å². The van der Waals surface area contributed by atoms with Crippen molar-refractivity contribution in [3.8, 4) is 0 Å². The molecule has 1 rings (SSSR count). The zero-order valence-electron chi connectivity index (χ0n) is 7.12. The molecule has 0 heterocycles. The van der Waals surface area contributed by atoms with E-state index in [1.807, 2.05) is 31.3 Å². The SMILES string of the molecule is CNc1ccc(CN(N)N)cc1. The van der Waals surface area contributed by atoms with Crippen molar-refractivity contribution in [3.63, 3.8) is 0 Å². The van der Waals surface area contributed by atoms with Crippen molar-refractivity contribution < 1.29 is 0 Å². The summed E-state index contributed by atoms with van der Waals surface area (Å²) in [5.41, 5.74) is 2.18. The van der Waals surface area contributed by atoms with Gasteiger partial charge in [-0.1, -0.05) is 12.1 Å². The largest absolute Gasteiger partial charge is 0.388 e. The summed E-state index contributed by atoms with van der Waals surface area (Å²) in [4.78, 5) is 0. The van der Waals surface area contributed by atoms with E-state index < -0.39 is 0 Å². The monoisotopic (exact) mass is 166 g/mol. The molecule has 1 aromatic carbocycles. The van der Waals surface area contributed by atoms with Gasteiger partial charge in [-0.15, -0.1) is 0 Å². The van der Waals surface area contributed by atoms with E-state index in [0.717, 1.165) is 16.4 Å². The van der Waals surface area contributed by atoms with Gasteiger partial charge in [0.15, 0.2) is 0 Å². The van der Waals surface area contributed by atoms with Crippen LogP contribution in [0.2, 0.25) is 0 Å². The molecular weight excluding hydrogens is 152 g/mol. The first-order valence-corrected chi connectivity index (χ1v) is 3.76. The van der Waals surface area contributed by atoms with Crippen molar-refractivity contribution in [1.82, 2.24) is 5.12 Å². The third-order valence-corrected chi connectivity index (χ3v) is 1.61. The van der Waals surface area contributed by atoms with Crippen LogP contribution in [0.4, 0.5) is 5.69 Å². The number of hydrogen-bond donors (Lipinski definition) is 3. The Bertz CT molecular complexity index is 229. The van der Waals surface area contributed by atoms with Gasteiger partial charge in [-0.05, 0) is 17.7 Å². The molecule has 0 aliphatic carbocycles. The van der Waals surface area contributed by atoms with E-state index in [0.29, 0.717) is 6.54 Å². The molecule has 4 heteroatoms. The lowest BCUT2D eigenvalue weighted by Gasteiger charge is -2.09. The van der Waals surface area contributed by atoms with Gasteiger partial charge < -0.3 is 5.32 Å². The summed E-state index contributed by atoms with van der Waals surface area (Å²) in [5.74, 6) is 10.6. The minimum atomic E-state index is 0.560. The minimum absolute atomic E-state index is 0.560. The number of benzene rings is 1. The molecule has 0 amide bonds. The molecule has 0 radical (unpaired) electrons. The first-order chi connectivity index (χ1) is 5.72. The van der Waals surface area contributed by atoms with Gasteiger partial charge in [-0.2, -0.15) is 5.12 Å². The number of anilines is 1. The van der Waals surface area contributed by atoms with Crippen LogP contribution < -0.4 is 17.0 Å². The number of rotatable bonds is 3. The smallest absolute Gasteiger partial charge is 0.0533 e. The number of nitrogens with zero attached hydrogens (tertiary/aromatic N) is 1. The number of hydrogen-bond acceptors (Lipinski definition) is 4. The first kappa shape index (κ1) is 8.99. The van der Waals surface area contributed by atoms with Gasteiger partial charge in [0, 0.05) is 12.7 Å². The van der Waals surface area contributed by atoms with Crippen molar-refractivity contribution in [2.45, 2.75) is 6.54 Å². The molecule has 0 aliphatic rings. The van der Waals surface area contributed by atoms with Crippen LogP contribution in [0.1, 0.15) is 5.56 Å². The maximum atomic E-state index is 5.29. The molecule has 12 heavy (non-hydrogen) atoms. The normalized spacial score (nSPS) is 10.3. The predicted octanol–water partition coefficient (Wildman–Crippen LogP) is 0.278.